The van der Waals surface area contributed by atoms with Crippen molar-refractivity contribution in [2.45, 2.75) is 12.5 Å². The fourth-order valence-corrected chi connectivity index (χ4v) is 3.22. The summed E-state index contributed by atoms with van der Waals surface area (Å²) in [5.41, 5.74) is 1.30. The summed E-state index contributed by atoms with van der Waals surface area (Å²) in [6, 6.07) is 12.2. The van der Waals surface area contributed by atoms with Gasteiger partial charge in [0.1, 0.15) is 11.6 Å². The molecule has 1 saturated heterocycles. The third kappa shape index (κ3) is 2.99. The summed E-state index contributed by atoms with van der Waals surface area (Å²) in [5, 5.41) is -0.561. The van der Waals surface area contributed by atoms with Crippen LogP contribution in [-0.4, -0.2) is 18.3 Å². The molecular weight excluding hydrogens is 333 g/mol. The number of hydrogen-bond acceptors (Lipinski definition) is 3. The van der Waals surface area contributed by atoms with Crippen LogP contribution >= 0.6 is 11.6 Å². The molecule has 2 atom stereocenters. The number of nitrogens with zero attached hydrogens (tertiary/aromatic N) is 1. The standard InChI is InChI=1S/C18H15ClFNO3/c1-24-14-8-2-11(3-9-14)17-15(18(19)23)10-16(22)21(17)13-6-4-12(20)5-7-13/h2-9,15,17H,10H2,1H3/t15-,17+/m0/s1. The molecule has 2 aromatic rings. The van der Waals surface area contributed by atoms with Crippen LogP contribution in [0.3, 0.4) is 0 Å². The van der Waals surface area contributed by atoms with Crippen LogP contribution in [0, 0.1) is 11.7 Å². The highest BCUT2D eigenvalue weighted by atomic mass is 35.5. The zero-order valence-electron chi connectivity index (χ0n) is 12.9. The van der Waals surface area contributed by atoms with Crippen LogP contribution < -0.4 is 9.64 Å². The first-order valence-corrected chi connectivity index (χ1v) is 7.80. The lowest BCUT2D eigenvalue weighted by Crippen LogP contribution is -2.29. The molecule has 1 fully saturated rings. The Labute approximate surface area is 143 Å². The first-order chi connectivity index (χ1) is 11.5. The number of anilines is 1. The molecule has 0 radical (unpaired) electrons. The molecule has 0 aliphatic carbocycles. The molecule has 2 aromatic carbocycles. The number of hydrogen-bond donors (Lipinski definition) is 0. The Balaban J connectivity index is 2.05. The maximum absolute atomic E-state index is 13.2. The van der Waals surface area contributed by atoms with Crippen LogP contribution in [0.2, 0.25) is 0 Å². The molecule has 3 rings (SSSR count). The molecule has 0 spiro atoms. The van der Waals surface area contributed by atoms with E-state index in [9.17, 15) is 14.0 Å². The van der Waals surface area contributed by atoms with Crippen LogP contribution in [-0.2, 0) is 9.59 Å². The van der Waals surface area contributed by atoms with Crippen LogP contribution in [0.15, 0.2) is 48.5 Å². The van der Waals surface area contributed by atoms with E-state index < -0.39 is 23.0 Å². The van der Waals surface area contributed by atoms with Crippen LogP contribution in [0.5, 0.6) is 5.75 Å². The highest BCUT2D eigenvalue weighted by Crippen LogP contribution is 2.42. The van der Waals surface area contributed by atoms with E-state index in [1.54, 1.807) is 31.4 Å². The van der Waals surface area contributed by atoms with E-state index in [0.717, 1.165) is 5.56 Å². The van der Waals surface area contributed by atoms with E-state index in [0.29, 0.717) is 11.4 Å². The summed E-state index contributed by atoms with van der Waals surface area (Å²) in [7, 11) is 1.56. The lowest BCUT2D eigenvalue weighted by Gasteiger charge is -2.27. The maximum atomic E-state index is 13.2. The fourth-order valence-electron chi connectivity index (χ4n) is 3.03. The van der Waals surface area contributed by atoms with Gasteiger partial charge in [-0.1, -0.05) is 12.1 Å². The van der Waals surface area contributed by atoms with Gasteiger partial charge >= 0.3 is 0 Å². The summed E-state index contributed by atoms with van der Waals surface area (Å²) in [6.07, 6.45) is 0.0242. The predicted molar refractivity (Wildman–Crippen MR) is 88.6 cm³/mol. The largest absolute Gasteiger partial charge is 0.497 e. The summed E-state index contributed by atoms with van der Waals surface area (Å²) in [5.74, 6) is -0.597. The van der Waals surface area contributed by atoms with Crippen molar-refractivity contribution in [3.63, 3.8) is 0 Å². The second kappa shape index (κ2) is 6.61. The van der Waals surface area contributed by atoms with E-state index in [2.05, 4.69) is 0 Å². The first kappa shape index (κ1) is 16.5. The van der Waals surface area contributed by atoms with Gasteiger partial charge in [0.2, 0.25) is 11.1 Å². The van der Waals surface area contributed by atoms with Crippen molar-refractivity contribution in [2.75, 3.05) is 12.0 Å². The summed E-state index contributed by atoms with van der Waals surface area (Å²) in [6.45, 7) is 0. The minimum absolute atomic E-state index is 0.0242. The summed E-state index contributed by atoms with van der Waals surface area (Å²) >= 11 is 5.73. The molecule has 0 N–H and O–H groups in total. The number of benzene rings is 2. The lowest BCUT2D eigenvalue weighted by molar-refractivity contribution is -0.120. The molecule has 1 amide bonds. The Kier molecular flexibility index (Phi) is 4.53. The smallest absolute Gasteiger partial charge is 0.228 e. The fraction of sp³-hybridized carbons (Fsp3) is 0.222. The van der Waals surface area contributed by atoms with Gasteiger partial charge in [0, 0.05) is 12.1 Å². The molecule has 6 heteroatoms. The van der Waals surface area contributed by atoms with Gasteiger partial charge in [0.15, 0.2) is 0 Å². The molecule has 124 valence electrons. The monoisotopic (exact) mass is 347 g/mol. The molecular formula is C18H15ClFNO3. The Hall–Kier alpha value is -2.40. The number of amides is 1. The molecule has 0 bridgehead atoms. The topological polar surface area (TPSA) is 46.6 Å². The van der Waals surface area contributed by atoms with Gasteiger partial charge in [-0.25, -0.2) is 4.39 Å². The SMILES string of the molecule is COc1ccc([C@@H]2[C@@H](C(=O)Cl)CC(=O)N2c2ccc(F)cc2)cc1. The molecule has 0 aromatic heterocycles. The third-order valence-electron chi connectivity index (χ3n) is 4.18. The number of carbonyl (C=O) groups is 2. The normalized spacial score (nSPS) is 20.3. The Morgan fingerprint density at radius 3 is 2.33 bits per heavy atom. The average Bonchev–Trinajstić information content (AvgIpc) is 2.93. The van der Waals surface area contributed by atoms with Gasteiger partial charge < -0.3 is 9.64 Å². The first-order valence-electron chi connectivity index (χ1n) is 7.42. The number of ether oxygens (including phenoxy) is 1. The second-order valence-electron chi connectivity index (χ2n) is 5.57. The van der Waals surface area contributed by atoms with Crippen molar-refractivity contribution in [3.8, 4) is 5.75 Å². The van der Waals surface area contributed by atoms with E-state index in [1.807, 2.05) is 0 Å². The average molecular weight is 348 g/mol. The van der Waals surface area contributed by atoms with Crippen molar-refractivity contribution in [1.82, 2.24) is 0 Å². The van der Waals surface area contributed by atoms with E-state index in [4.69, 9.17) is 16.3 Å². The van der Waals surface area contributed by atoms with Gasteiger partial charge in [0.25, 0.3) is 0 Å². The minimum Gasteiger partial charge on any atom is -0.497 e. The number of methoxy groups -OCH3 is 1. The van der Waals surface area contributed by atoms with Crippen LogP contribution in [0.1, 0.15) is 18.0 Å². The van der Waals surface area contributed by atoms with Gasteiger partial charge in [0.05, 0.1) is 19.1 Å². The Bertz CT molecular complexity index is 761. The minimum atomic E-state index is -0.655. The van der Waals surface area contributed by atoms with Crippen LogP contribution in [0.25, 0.3) is 0 Å². The molecule has 0 unspecified atom stereocenters. The molecule has 24 heavy (non-hydrogen) atoms. The highest BCUT2D eigenvalue weighted by Gasteiger charge is 2.44. The molecule has 1 aliphatic heterocycles. The van der Waals surface area contributed by atoms with Crippen LogP contribution in [0.4, 0.5) is 10.1 Å². The summed E-state index contributed by atoms with van der Waals surface area (Å²) < 4.78 is 18.3. The van der Waals surface area contributed by atoms with E-state index in [1.165, 1.54) is 29.2 Å². The van der Waals surface area contributed by atoms with Crippen molar-refractivity contribution < 1.29 is 18.7 Å². The highest BCUT2D eigenvalue weighted by molar-refractivity contribution is 6.64. The maximum Gasteiger partial charge on any atom is 0.228 e. The summed E-state index contributed by atoms with van der Waals surface area (Å²) in [4.78, 5) is 25.8. The van der Waals surface area contributed by atoms with Gasteiger partial charge in [-0.2, -0.15) is 0 Å². The predicted octanol–water partition coefficient (Wildman–Crippen LogP) is 3.69. The van der Waals surface area contributed by atoms with Gasteiger partial charge in [-0.05, 0) is 53.6 Å². The lowest BCUT2D eigenvalue weighted by atomic mass is 9.94. The number of halogens is 2. The second-order valence-corrected chi connectivity index (χ2v) is 5.95. The Morgan fingerprint density at radius 1 is 1.17 bits per heavy atom. The quantitative estimate of drug-likeness (QED) is 0.792. The molecule has 4 nitrogen and oxygen atoms in total. The van der Waals surface area contributed by atoms with E-state index >= 15 is 0 Å². The molecule has 1 aliphatic rings. The van der Waals surface area contributed by atoms with Crippen molar-refractivity contribution in [2.24, 2.45) is 5.92 Å². The zero-order chi connectivity index (χ0) is 17.3. The molecule has 1 heterocycles. The zero-order valence-corrected chi connectivity index (χ0v) is 13.7. The molecule has 0 saturated carbocycles. The number of rotatable bonds is 4. The third-order valence-corrected chi connectivity index (χ3v) is 4.46. The van der Waals surface area contributed by atoms with Crippen molar-refractivity contribution >= 4 is 28.4 Å². The number of carbonyl (C=O) groups excluding carboxylic acids is 2. The van der Waals surface area contributed by atoms with Gasteiger partial charge in [-0.15, -0.1) is 0 Å². The van der Waals surface area contributed by atoms with Crippen molar-refractivity contribution in [3.05, 3.63) is 59.9 Å². The Morgan fingerprint density at radius 2 is 1.79 bits per heavy atom. The van der Waals surface area contributed by atoms with E-state index in [-0.39, 0.29) is 12.3 Å². The van der Waals surface area contributed by atoms with Gasteiger partial charge in [-0.3, -0.25) is 9.59 Å². The van der Waals surface area contributed by atoms with Crippen molar-refractivity contribution in [1.29, 1.82) is 0 Å².